The van der Waals surface area contributed by atoms with E-state index in [1.807, 2.05) is 0 Å². The summed E-state index contributed by atoms with van der Waals surface area (Å²) in [6, 6.07) is 0. The first-order valence-corrected chi connectivity index (χ1v) is 3.48. The molecule has 0 aromatic rings. The molecule has 0 aliphatic rings. The maximum atomic E-state index is 4.25. The van der Waals surface area contributed by atoms with Gasteiger partial charge in [0.2, 0.25) is 0 Å². The molecule has 0 rings (SSSR count). The van der Waals surface area contributed by atoms with Crippen LogP contribution >= 0.6 is 12.6 Å². The van der Waals surface area contributed by atoms with Gasteiger partial charge >= 0.3 is 0 Å². The average Bonchev–Trinajstić information content (AvgIpc) is 1.65. The third-order valence-electron chi connectivity index (χ3n) is 1.11. The van der Waals surface area contributed by atoms with E-state index in [1.54, 1.807) is 0 Å². The number of allylic oxidation sites excluding steroid dienone is 2. The first-order chi connectivity index (χ1) is 3.66. The lowest BCUT2D eigenvalue weighted by Gasteiger charge is -2.01. The van der Waals surface area contributed by atoms with Gasteiger partial charge in [-0.1, -0.05) is 18.6 Å². The van der Waals surface area contributed by atoms with E-state index in [0.717, 1.165) is 6.42 Å². The summed E-state index contributed by atoms with van der Waals surface area (Å²) in [6.45, 7) is 6.30. The van der Waals surface area contributed by atoms with Gasteiger partial charge in [0.15, 0.2) is 0 Å². The molecule has 0 aromatic carbocycles. The highest BCUT2D eigenvalue weighted by Crippen LogP contribution is 2.07. The van der Waals surface area contributed by atoms with E-state index in [9.17, 15) is 0 Å². The van der Waals surface area contributed by atoms with Crippen LogP contribution in [0.15, 0.2) is 11.6 Å². The molecule has 0 radical (unpaired) electrons. The topological polar surface area (TPSA) is 0 Å². The summed E-state index contributed by atoms with van der Waals surface area (Å²) in [6.07, 6.45) is 3.24. The monoisotopic (exact) mass is 130 g/mol. The van der Waals surface area contributed by atoms with Crippen LogP contribution < -0.4 is 0 Å². The quantitative estimate of drug-likeness (QED) is 0.431. The van der Waals surface area contributed by atoms with Crippen LogP contribution in [-0.2, 0) is 0 Å². The van der Waals surface area contributed by atoms with E-state index in [0.29, 0.717) is 5.25 Å². The summed E-state index contributed by atoms with van der Waals surface area (Å²) >= 11 is 4.25. The molecule has 0 aliphatic carbocycles. The number of hydrogen-bond acceptors (Lipinski definition) is 1. The molecule has 1 unspecified atom stereocenters. The van der Waals surface area contributed by atoms with Crippen molar-refractivity contribution in [2.24, 2.45) is 0 Å². The fourth-order valence-electron chi connectivity index (χ4n) is 0.584. The van der Waals surface area contributed by atoms with Crippen molar-refractivity contribution in [1.82, 2.24) is 0 Å². The van der Waals surface area contributed by atoms with Gasteiger partial charge in [-0.15, -0.1) is 0 Å². The number of hydrogen-bond donors (Lipinski definition) is 1. The number of thiol groups is 1. The van der Waals surface area contributed by atoms with E-state index in [-0.39, 0.29) is 0 Å². The maximum Gasteiger partial charge on any atom is 0.00255 e. The summed E-state index contributed by atoms with van der Waals surface area (Å²) < 4.78 is 0. The van der Waals surface area contributed by atoms with Crippen molar-refractivity contribution in [2.45, 2.75) is 32.4 Å². The summed E-state index contributed by atoms with van der Waals surface area (Å²) in [7, 11) is 0. The highest BCUT2D eigenvalue weighted by Gasteiger charge is 1.92. The van der Waals surface area contributed by atoms with Crippen LogP contribution in [0.4, 0.5) is 0 Å². The van der Waals surface area contributed by atoms with Crippen molar-refractivity contribution in [3.05, 3.63) is 11.6 Å². The van der Waals surface area contributed by atoms with Crippen LogP contribution in [-0.4, -0.2) is 5.25 Å². The van der Waals surface area contributed by atoms with E-state index in [2.05, 4.69) is 39.5 Å². The highest BCUT2D eigenvalue weighted by molar-refractivity contribution is 7.80. The van der Waals surface area contributed by atoms with E-state index >= 15 is 0 Å². The molecule has 0 nitrogen and oxygen atoms in total. The van der Waals surface area contributed by atoms with Gasteiger partial charge in [-0.25, -0.2) is 0 Å². The molecule has 8 heavy (non-hydrogen) atoms. The summed E-state index contributed by atoms with van der Waals surface area (Å²) in [4.78, 5) is 0. The average molecular weight is 130 g/mol. The predicted molar refractivity (Wildman–Crippen MR) is 42.5 cm³/mol. The second-order valence-corrected chi connectivity index (χ2v) is 3.07. The Kier molecular flexibility index (Phi) is 4.06. The smallest absolute Gasteiger partial charge is 0.00255 e. The van der Waals surface area contributed by atoms with E-state index < -0.39 is 0 Å². The van der Waals surface area contributed by atoms with Crippen molar-refractivity contribution in [3.63, 3.8) is 0 Å². The van der Waals surface area contributed by atoms with Gasteiger partial charge in [0.05, 0.1) is 0 Å². The standard InChI is InChI=1S/C7H14S/c1-4-6(2)5-7(3)8/h4,7-8H,5H2,1-3H3. The van der Waals surface area contributed by atoms with E-state index in [1.165, 1.54) is 5.57 Å². The van der Waals surface area contributed by atoms with Crippen molar-refractivity contribution >= 4 is 12.6 Å². The van der Waals surface area contributed by atoms with E-state index in [4.69, 9.17) is 0 Å². The molecule has 1 atom stereocenters. The first kappa shape index (κ1) is 8.09. The molecule has 0 saturated carbocycles. The molecule has 0 amide bonds. The van der Waals surface area contributed by atoms with Gasteiger partial charge in [-0.2, -0.15) is 12.6 Å². The van der Waals surface area contributed by atoms with Crippen LogP contribution in [0, 0.1) is 0 Å². The Bertz CT molecular complexity index is 82.4. The van der Waals surface area contributed by atoms with Gasteiger partial charge < -0.3 is 0 Å². The summed E-state index contributed by atoms with van der Waals surface area (Å²) in [5.74, 6) is 0. The Balaban J connectivity index is 3.39. The fourth-order valence-corrected chi connectivity index (χ4v) is 0.872. The molecule has 48 valence electrons. The van der Waals surface area contributed by atoms with Gasteiger partial charge in [-0.05, 0) is 20.3 Å². The van der Waals surface area contributed by atoms with Crippen LogP contribution in [0.1, 0.15) is 27.2 Å². The molecular weight excluding hydrogens is 116 g/mol. The van der Waals surface area contributed by atoms with Crippen molar-refractivity contribution in [1.29, 1.82) is 0 Å². The van der Waals surface area contributed by atoms with Crippen LogP contribution in [0.3, 0.4) is 0 Å². The normalized spacial score (nSPS) is 16.2. The van der Waals surface area contributed by atoms with Gasteiger partial charge in [0, 0.05) is 5.25 Å². The van der Waals surface area contributed by atoms with Crippen molar-refractivity contribution in [2.75, 3.05) is 0 Å². The molecule has 0 bridgehead atoms. The Morgan fingerprint density at radius 1 is 1.75 bits per heavy atom. The minimum absolute atomic E-state index is 0.506. The van der Waals surface area contributed by atoms with Gasteiger partial charge in [-0.3, -0.25) is 0 Å². The highest BCUT2D eigenvalue weighted by atomic mass is 32.1. The minimum Gasteiger partial charge on any atom is -0.176 e. The SMILES string of the molecule is CC=C(C)CC(C)S. The molecule has 0 heterocycles. The zero-order valence-electron chi connectivity index (χ0n) is 5.81. The Labute approximate surface area is 57.4 Å². The first-order valence-electron chi connectivity index (χ1n) is 2.96. The minimum atomic E-state index is 0.506. The molecule has 1 heteroatoms. The zero-order chi connectivity index (χ0) is 6.57. The Morgan fingerprint density at radius 2 is 2.25 bits per heavy atom. The van der Waals surface area contributed by atoms with Gasteiger partial charge in [0.1, 0.15) is 0 Å². The second kappa shape index (κ2) is 4.02. The second-order valence-electron chi connectivity index (χ2n) is 2.19. The molecule has 0 N–H and O–H groups in total. The Morgan fingerprint density at radius 3 is 2.38 bits per heavy atom. The molecule has 0 fully saturated rings. The molecule has 0 aromatic heterocycles. The largest absolute Gasteiger partial charge is 0.176 e. The molecule has 0 aliphatic heterocycles. The summed E-state index contributed by atoms with van der Waals surface area (Å²) in [5.41, 5.74) is 1.42. The van der Waals surface area contributed by atoms with Crippen LogP contribution in [0.2, 0.25) is 0 Å². The van der Waals surface area contributed by atoms with Crippen LogP contribution in [0.5, 0.6) is 0 Å². The Hall–Kier alpha value is 0.0900. The fraction of sp³-hybridized carbons (Fsp3) is 0.714. The lowest BCUT2D eigenvalue weighted by molar-refractivity contribution is 0.930. The maximum absolute atomic E-state index is 4.25. The molecule has 0 spiro atoms. The van der Waals surface area contributed by atoms with Crippen LogP contribution in [0.25, 0.3) is 0 Å². The predicted octanol–water partition coefficient (Wildman–Crippen LogP) is 2.66. The number of rotatable bonds is 2. The molecular formula is C7H14S. The zero-order valence-corrected chi connectivity index (χ0v) is 6.70. The van der Waals surface area contributed by atoms with Gasteiger partial charge in [0.25, 0.3) is 0 Å². The third-order valence-corrected chi connectivity index (χ3v) is 1.29. The lowest BCUT2D eigenvalue weighted by Crippen LogP contribution is -1.90. The van der Waals surface area contributed by atoms with Crippen molar-refractivity contribution in [3.8, 4) is 0 Å². The molecule has 0 saturated heterocycles. The summed E-state index contributed by atoms with van der Waals surface area (Å²) in [5, 5.41) is 0.506. The third kappa shape index (κ3) is 4.25. The lowest BCUT2D eigenvalue weighted by atomic mass is 10.2. The van der Waals surface area contributed by atoms with Crippen molar-refractivity contribution < 1.29 is 0 Å².